The summed E-state index contributed by atoms with van der Waals surface area (Å²) in [5, 5.41) is 3.95. The summed E-state index contributed by atoms with van der Waals surface area (Å²) in [7, 11) is 0. The normalized spacial score (nSPS) is 14.9. The van der Waals surface area contributed by atoms with Crippen LogP contribution in [-0.2, 0) is 4.79 Å². The van der Waals surface area contributed by atoms with Gasteiger partial charge in [-0.15, -0.1) is 0 Å². The highest BCUT2D eigenvalue weighted by molar-refractivity contribution is 6.36. The molecule has 3 aromatic carbocycles. The highest BCUT2D eigenvalue weighted by Gasteiger charge is 2.35. The van der Waals surface area contributed by atoms with E-state index in [1.165, 1.54) is 6.92 Å². The maximum atomic E-state index is 13.3. The zero-order chi connectivity index (χ0) is 20.1. The van der Waals surface area contributed by atoms with Crippen molar-refractivity contribution in [3.05, 3.63) is 59.7 Å². The van der Waals surface area contributed by atoms with E-state index in [9.17, 15) is 14.4 Å². The Kier molecular flexibility index (Phi) is 3.77. The molecule has 2 aliphatic heterocycles. The second kappa shape index (κ2) is 6.34. The lowest BCUT2D eigenvalue weighted by atomic mass is 9.92. The number of nitrogens with zero attached hydrogens (tertiary/aromatic N) is 1. The summed E-state index contributed by atoms with van der Waals surface area (Å²) in [4.78, 5) is 39.2. The van der Waals surface area contributed by atoms with E-state index in [2.05, 4.69) is 5.32 Å². The molecule has 0 radical (unpaired) electrons. The maximum Gasteiger partial charge on any atom is 0.265 e. The predicted molar refractivity (Wildman–Crippen MR) is 107 cm³/mol. The first-order chi connectivity index (χ1) is 14.0. The van der Waals surface area contributed by atoms with Crippen molar-refractivity contribution in [2.45, 2.75) is 6.92 Å². The minimum absolute atomic E-state index is 0.225. The molecule has 144 valence electrons. The molecule has 3 aromatic rings. The van der Waals surface area contributed by atoms with E-state index < -0.39 is 11.8 Å². The van der Waals surface area contributed by atoms with Gasteiger partial charge >= 0.3 is 0 Å². The van der Waals surface area contributed by atoms with Crippen molar-refractivity contribution in [1.82, 2.24) is 0 Å². The number of fused-ring (bicyclic) bond motifs is 1. The van der Waals surface area contributed by atoms with E-state index in [1.54, 1.807) is 48.5 Å². The van der Waals surface area contributed by atoms with Crippen LogP contribution >= 0.6 is 0 Å². The summed E-state index contributed by atoms with van der Waals surface area (Å²) < 4.78 is 11.1. The van der Waals surface area contributed by atoms with Gasteiger partial charge in [0.1, 0.15) is 13.2 Å². The first kappa shape index (κ1) is 17.2. The van der Waals surface area contributed by atoms with Gasteiger partial charge in [0, 0.05) is 40.6 Å². The van der Waals surface area contributed by atoms with Crippen LogP contribution in [0.4, 0.5) is 11.4 Å². The molecular weight excluding hydrogens is 372 g/mol. The number of ether oxygens (including phenoxy) is 2. The van der Waals surface area contributed by atoms with E-state index in [-0.39, 0.29) is 5.91 Å². The van der Waals surface area contributed by atoms with E-state index in [1.807, 2.05) is 0 Å². The van der Waals surface area contributed by atoms with Crippen LogP contribution in [0.3, 0.4) is 0 Å². The van der Waals surface area contributed by atoms with Crippen LogP contribution in [0.2, 0.25) is 0 Å². The van der Waals surface area contributed by atoms with Crippen molar-refractivity contribution in [1.29, 1.82) is 0 Å². The fraction of sp³-hybridized carbons (Fsp3) is 0.136. The summed E-state index contributed by atoms with van der Waals surface area (Å²) >= 11 is 0. The molecule has 2 heterocycles. The highest BCUT2D eigenvalue weighted by atomic mass is 16.6. The van der Waals surface area contributed by atoms with Gasteiger partial charge in [0.15, 0.2) is 11.5 Å². The standard InChI is InChI=1S/C22H16N2O5/c1-12(25)23-17-7-6-16-20-14(17)3-2-4-15(20)21(26)24(22(16)27)13-5-8-18-19(11-13)29-10-9-28-18/h2-8,11H,9-10H2,1H3,(H,23,25). The third kappa shape index (κ3) is 2.62. The number of amides is 3. The Hall–Kier alpha value is -3.87. The topological polar surface area (TPSA) is 84.9 Å². The van der Waals surface area contributed by atoms with Crippen molar-refractivity contribution in [2.75, 3.05) is 23.4 Å². The number of carbonyl (C=O) groups excluding carboxylic acids is 3. The molecule has 7 nitrogen and oxygen atoms in total. The van der Waals surface area contributed by atoms with E-state index in [0.717, 1.165) is 4.90 Å². The molecule has 0 spiro atoms. The fourth-order valence-corrected chi connectivity index (χ4v) is 3.80. The van der Waals surface area contributed by atoms with Crippen molar-refractivity contribution in [3.8, 4) is 11.5 Å². The van der Waals surface area contributed by atoms with Crippen molar-refractivity contribution in [2.24, 2.45) is 0 Å². The van der Waals surface area contributed by atoms with Gasteiger partial charge < -0.3 is 14.8 Å². The first-order valence-electron chi connectivity index (χ1n) is 9.16. The molecule has 2 aliphatic rings. The number of carbonyl (C=O) groups is 3. The third-order valence-electron chi connectivity index (χ3n) is 5.00. The average Bonchev–Trinajstić information content (AvgIpc) is 2.72. The number of hydrogen-bond acceptors (Lipinski definition) is 5. The Morgan fingerprint density at radius 2 is 1.66 bits per heavy atom. The Morgan fingerprint density at radius 3 is 2.41 bits per heavy atom. The third-order valence-corrected chi connectivity index (χ3v) is 5.00. The minimum Gasteiger partial charge on any atom is -0.486 e. The van der Waals surface area contributed by atoms with Gasteiger partial charge in [-0.1, -0.05) is 12.1 Å². The molecule has 0 fully saturated rings. The van der Waals surface area contributed by atoms with Gasteiger partial charge in [-0.25, -0.2) is 4.90 Å². The van der Waals surface area contributed by atoms with Crippen LogP contribution in [0.15, 0.2) is 48.5 Å². The van der Waals surface area contributed by atoms with Crippen molar-refractivity contribution in [3.63, 3.8) is 0 Å². The number of anilines is 2. The average molecular weight is 388 g/mol. The van der Waals surface area contributed by atoms with E-state index >= 15 is 0 Å². The molecule has 0 bridgehead atoms. The van der Waals surface area contributed by atoms with Gasteiger partial charge in [-0.3, -0.25) is 14.4 Å². The summed E-state index contributed by atoms with van der Waals surface area (Å²) in [6, 6.07) is 13.5. The van der Waals surface area contributed by atoms with Gasteiger partial charge in [0.05, 0.1) is 5.69 Å². The molecule has 3 amide bonds. The monoisotopic (exact) mass is 388 g/mol. The Balaban J connectivity index is 1.66. The molecule has 7 heteroatoms. The second-order valence-electron chi connectivity index (χ2n) is 6.84. The number of benzene rings is 3. The number of hydrogen-bond donors (Lipinski definition) is 1. The summed E-state index contributed by atoms with van der Waals surface area (Å²) in [5.41, 5.74) is 1.78. The fourth-order valence-electron chi connectivity index (χ4n) is 3.80. The first-order valence-corrected chi connectivity index (χ1v) is 9.16. The summed E-state index contributed by atoms with van der Waals surface area (Å²) in [6.45, 7) is 2.28. The predicted octanol–water partition coefficient (Wildman–Crippen LogP) is 3.37. The molecule has 29 heavy (non-hydrogen) atoms. The largest absolute Gasteiger partial charge is 0.486 e. The minimum atomic E-state index is -0.426. The summed E-state index contributed by atoms with van der Waals surface area (Å²) in [5.74, 6) is 0.00490. The van der Waals surface area contributed by atoms with Crippen LogP contribution in [0, 0.1) is 0 Å². The molecule has 0 unspecified atom stereocenters. The molecule has 0 aromatic heterocycles. The van der Waals surface area contributed by atoms with Crippen LogP contribution in [-0.4, -0.2) is 30.9 Å². The smallest absolute Gasteiger partial charge is 0.265 e. The number of rotatable bonds is 2. The molecular formula is C22H16N2O5. The Morgan fingerprint density at radius 1 is 0.931 bits per heavy atom. The number of imide groups is 1. The van der Waals surface area contributed by atoms with Gasteiger partial charge in [0.2, 0.25) is 5.91 Å². The molecule has 0 aliphatic carbocycles. The van der Waals surface area contributed by atoms with E-state index in [4.69, 9.17) is 9.47 Å². The molecule has 0 saturated carbocycles. The second-order valence-corrected chi connectivity index (χ2v) is 6.84. The lowest BCUT2D eigenvalue weighted by molar-refractivity contribution is -0.114. The van der Waals surface area contributed by atoms with Crippen molar-refractivity contribution < 1.29 is 23.9 Å². The SMILES string of the molecule is CC(=O)Nc1ccc2c3c(cccc13)C(=O)N(c1ccc3c(c1)OCCO3)C2=O. The van der Waals surface area contributed by atoms with Crippen LogP contribution < -0.4 is 19.7 Å². The molecule has 5 rings (SSSR count). The zero-order valence-corrected chi connectivity index (χ0v) is 15.5. The zero-order valence-electron chi connectivity index (χ0n) is 15.5. The van der Waals surface area contributed by atoms with Crippen LogP contribution in [0.25, 0.3) is 10.8 Å². The van der Waals surface area contributed by atoms with Gasteiger partial charge in [0.25, 0.3) is 11.8 Å². The quantitative estimate of drug-likeness (QED) is 0.681. The summed E-state index contributed by atoms with van der Waals surface area (Å²) in [6.07, 6.45) is 0. The molecule has 0 atom stereocenters. The Bertz CT molecular complexity index is 1200. The Labute approximate surface area is 165 Å². The lowest BCUT2D eigenvalue weighted by Gasteiger charge is -2.29. The van der Waals surface area contributed by atoms with Crippen LogP contribution in [0.1, 0.15) is 27.6 Å². The highest BCUT2D eigenvalue weighted by Crippen LogP contribution is 2.39. The molecule has 0 saturated heterocycles. The molecule has 1 N–H and O–H groups in total. The van der Waals surface area contributed by atoms with Crippen LogP contribution in [0.5, 0.6) is 11.5 Å². The van der Waals surface area contributed by atoms with Crippen molar-refractivity contribution >= 4 is 39.9 Å². The number of nitrogens with one attached hydrogen (secondary N) is 1. The van der Waals surface area contributed by atoms with Gasteiger partial charge in [-0.05, 0) is 30.3 Å². The van der Waals surface area contributed by atoms with E-state index in [0.29, 0.717) is 58.0 Å². The maximum absolute atomic E-state index is 13.3. The lowest BCUT2D eigenvalue weighted by Crippen LogP contribution is -2.40. The van der Waals surface area contributed by atoms with Gasteiger partial charge in [-0.2, -0.15) is 0 Å².